The minimum atomic E-state index is -0.875. The number of nitrogens with zero attached hydrogens (tertiary/aromatic N) is 2. The summed E-state index contributed by atoms with van der Waals surface area (Å²) in [6, 6.07) is 0. The third-order valence-electron chi connectivity index (χ3n) is 2.24. The van der Waals surface area contributed by atoms with Gasteiger partial charge in [-0.05, 0) is 0 Å². The van der Waals surface area contributed by atoms with E-state index in [1.165, 1.54) is 0 Å². The van der Waals surface area contributed by atoms with E-state index < -0.39 is 11.8 Å². The van der Waals surface area contributed by atoms with E-state index in [0.717, 1.165) is 9.80 Å². The Bertz CT molecular complexity index is 223. The Morgan fingerprint density at radius 2 is 0.833 bits per heavy atom. The maximum atomic E-state index is 11.8. The van der Waals surface area contributed by atoms with Crippen LogP contribution in [0.15, 0.2) is 0 Å². The molecule has 0 saturated heterocycles. The summed E-state index contributed by atoms with van der Waals surface area (Å²) in [5, 5.41) is 35.0. The fourth-order valence-electron chi connectivity index (χ4n) is 1.38. The molecule has 0 aromatic rings. The first-order valence-electron chi connectivity index (χ1n) is 5.64. The van der Waals surface area contributed by atoms with Crippen LogP contribution in [0.1, 0.15) is 0 Å². The molecule has 8 heteroatoms. The van der Waals surface area contributed by atoms with Crippen LogP contribution in [0.3, 0.4) is 0 Å². The molecule has 0 atom stereocenters. The van der Waals surface area contributed by atoms with Crippen LogP contribution < -0.4 is 0 Å². The van der Waals surface area contributed by atoms with Crippen molar-refractivity contribution in [2.45, 2.75) is 0 Å². The van der Waals surface area contributed by atoms with Crippen LogP contribution >= 0.6 is 0 Å². The van der Waals surface area contributed by atoms with E-state index in [1.54, 1.807) is 0 Å². The van der Waals surface area contributed by atoms with Gasteiger partial charge in [0.05, 0.1) is 26.4 Å². The maximum Gasteiger partial charge on any atom is 0.312 e. The Morgan fingerprint density at radius 1 is 0.611 bits per heavy atom. The van der Waals surface area contributed by atoms with Crippen molar-refractivity contribution in [3.05, 3.63) is 0 Å². The van der Waals surface area contributed by atoms with Crippen LogP contribution in [-0.2, 0) is 9.59 Å². The van der Waals surface area contributed by atoms with Gasteiger partial charge in [-0.3, -0.25) is 9.59 Å². The SMILES string of the molecule is O=C(C(=O)N(CCO)CCO)N(CCO)CCO. The molecule has 106 valence electrons. The van der Waals surface area contributed by atoms with E-state index >= 15 is 0 Å². The topological polar surface area (TPSA) is 122 Å². The van der Waals surface area contributed by atoms with Crippen molar-refractivity contribution >= 4 is 11.8 Å². The standard InChI is InChI=1S/C10H20N2O6/c13-5-1-11(2-6-14)9(17)10(18)12(3-7-15)4-8-16/h13-16H,1-8H2. The van der Waals surface area contributed by atoms with Crippen molar-refractivity contribution in [2.24, 2.45) is 0 Å². The van der Waals surface area contributed by atoms with Gasteiger partial charge in [0.15, 0.2) is 0 Å². The molecule has 0 aliphatic carbocycles. The zero-order valence-electron chi connectivity index (χ0n) is 10.2. The second kappa shape index (κ2) is 9.77. The Kier molecular flexibility index (Phi) is 9.11. The Morgan fingerprint density at radius 3 is 1.00 bits per heavy atom. The molecule has 0 heterocycles. The van der Waals surface area contributed by atoms with E-state index in [4.69, 9.17) is 20.4 Å². The highest BCUT2D eigenvalue weighted by molar-refractivity contribution is 6.34. The average molecular weight is 264 g/mol. The number of hydrogen-bond donors (Lipinski definition) is 4. The van der Waals surface area contributed by atoms with Crippen LogP contribution in [0.25, 0.3) is 0 Å². The Labute approximate surface area is 105 Å². The summed E-state index contributed by atoms with van der Waals surface area (Å²) < 4.78 is 0. The van der Waals surface area contributed by atoms with Crippen LogP contribution in [0.2, 0.25) is 0 Å². The summed E-state index contributed by atoms with van der Waals surface area (Å²) >= 11 is 0. The molecule has 0 radical (unpaired) electrons. The first-order valence-corrected chi connectivity index (χ1v) is 5.64. The lowest BCUT2D eigenvalue weighted by atomic mass is 10.3. The molecule has 0 aliphatic rings. The van der Waals surface area contributed by atoms with Gasteiger partial charge in [0.1, 0.15) is 0 Å². The first kappa shape index (κ1) is 16.8. The van der Waals surface area contributed by atoms with Crippen LogP contribution in [-0.4, -0.2) is 94.6 Å². The monoisotopic (exact) mass is 264 g/mol. The van der Waals surface area contributed by atoms with Gasteiger partial charge in [-0.2, -0.15) is 0 Å². The van der Waals surface area contributed by atoms with Gasteiger partial charge in [0.25, 0.3) is 0 Å². The number of rotatable bonds is 8. The van der Waals surface area contributed by atoms with Gasteiger partial charge in [-0.1, -0.05) is 0 Å². The predicted molar refractivity (Wildman–Crippen MR) is 61.5 cm³/mol. The van der Waals surface area contributed by atoms with Gasteiger partial charge in [-0.25, -0.2) is 0 Å². The van der Waals surface area contributed by atoms with Gasteiger partial charge in [0.2, 0.25) is 0 Å². The van der Waals surface area contributed by atoms with Gasteiger partial charge < -0.3 is 30.2 Å². The molecule has 0 aliphatic heterocycles. The Hall–Kier alpha value is -1.22. The van der Waals surface area contributed by atoms with Gasteiger partial charge in [0, 0.05) is 26.2 Å². The molecule has 0 saturated carbocycles. The Balaban J connectivity index is 4.63. The van der Waals surface area contributed by atoms with Crippen molar-refractivity contribution in [3.8, 4) is 0 Å². The normalized spacial score (nSPS) is 10.2. The maximum absolute atomic E-state index is 11.8. The second-order valence-electron chi connectivity index (χ2n) is 3.48. The molecule has 0 aromatic carbocycles. The summed E-state index contributed by atoms with van der Waals surface area (Å²) in [6.07, 6.45) is 0. The van der Waals surface area contributed by atoms with Crippen molar-refractivity contribution in [3.63, 3.8) is 0 Å². The lowest BCUT2D eigenvalue weighted by molar-refractivity contribution is -0.152. The average Bonchev–Trinajstić information content (AvgIpc) is 2.36. The van der Waals surface area contributed by atoms with Crippen LogP contribution in [0.4, 0.5) is 0 Å². The van der Waals surface area contributed by atoms with Crippen molar-refractivity contribution in [2.75, 3.05) is 52.6 Å². The zero-order chi connectivity index (χ0) is 14.0. The van der Waals surface area contributed by atoms with Crippen LogP contribution in [0.5, 0.6) is 0 Å². The van der Waals surface area contributed by atoms with Crippen LogP contribution in [0, 0.1) is 0 Å². The summed E-state index contributed by atoms with van der Waals surface area (Å²) in [5.41, 5.74) is 0. The number of amides is 2. The van der Waals surface area contributed by atoms with E-state index in [9.17, 15) is 9.59 Å². The number of hydrogen-bond acceptors (Lipinski definition) is 6. The number of carbonyl (C=O) groups is 2. The highest BCUT2D eigenvalue weighted by Crippen LogP contribution is 1.97. The molecule has 0 unspecified atom stereocenters. The largest absolute Gasteiger partial charge is 0.395 e. The molecule has 18 heavy (non-hydrogen) atoms. The quantitative estimate of drug-likeness (QED) is 0.339. The molecule has 0 fully saturated rings. The fraction of sp³-hybridized carbons (Fsp3) is 0.800. The first-order chi connectivity index (χ1) is 8.62. The molecule has 8 nitrogen and oxygen atoms in total. The van der Waals surface area contributed by atoms with E-state index in [0.29, 0.717) is 0 Å². The summed E-state index contributed by atoms with van der Waals surface area (Å²) in [5.74, 6) is -1.75. The van der Waals surface area contributed by atoms with Crippen molar-refractivity contribution < 1.29 is 30.0 Å². The molecule has 4 N–H and O–H groups in total. The highest BCUT2D eigenvalue weighted by atomic mass is 16.3. The molecular weight excluding hydrogens is 244 g/mol. The predicted octanol–water partition coefficient (Wildman–Crippen LogP) is -3.39. The lowest BCUT2D eigenvalue weighted by Crippen LogP contribution is -2.48. The smallest absolute Gasteiger partial charge is 0.312 e. The van der Waals surface area contributed by atoms with E-state index in [1.807, 2.05) is 0 Å². The van der Waals surface area contributed by atoms with Gasteiger partial charge in [-0.15, -0.1) is 0 Å². The minimum Gasteiger partial charge on any atom is -0.395 e. The lowest BCUT2D eigenvalue weighted by Gasteiger charge is -2.25. The minimum absolute atomic E-state index is 0.0583. The number of aliphatic hydroxyl groups excluding tert-OH is 4. The summed E-state index contributed by atoms with van der Waals surface area (Å²) in [7, 11) is 0. The second-order valence-corrected chi connectivity index (χ2v) is 3.48. The molecule has 2 amide bonds. The third-order valence-corrected chi connectivity index (χ3v) is 2.24. The number of aliphatic hydroxyl groups is 4. The molecular formula is C10H20N2O6. The summed E-state index contributed by atoms with van der Waals surface area (Å²) in [6.45, 7) is -1.51. The molecule has 0 bridgehead atoms. The van der Waals surface area contributed by atoms with Gasteiger partial charge >= 0.3 is 11.8 Å². The zero-order valence-corrected chi connectivity index (χ0v) is 10.2. The summed E-state index contributed by atoms with van der Waals surface area (Å²) in [4.78, 5) is 25.6. The molecule has 0 spiro atoms. The molecule has 0 rings (SSSR count). The van der Waals surface area contributed by atoms with E-state index in [-0.39, 0.29) is 52.6 Å². The van der Waals surface area contributed by atoms with Crippen molar-refractivity contribution in [1.29, 1.82) is 0 Å². The van der Waals surface area contributed by atoms with Crippen molar-refractivity contribution in [1.82, 2.24) is 9.80 Å². The third kappa shape index (κ3) is 5.41. The number of carbonyl (C=O) groups excluding carboxylic acids is 2. The highest BCUT2D eigenvalue weighted by Gasteiger charge is 2.25. The fourth-order valence-corrected chi connectivity index (χ4v) is 1.38. The molecule has 0 aromatic heterocycles. The van der Waals surface area contributed by atoms with E-state index in [2.05, 4.69) is 0 Å².